The molecule has 6 nitrogen and oxygen atoms in total. The summed E-state index contributed by atoms with van der Waals surface area (Å²) in [6.07, 6.45) is 1.46. The first-order valence-corrected chi connectivity index (χ1v) is 7.38. The lowest BCUT2D eigenvalue weighted by molar-refractivity contribution is 0.0885. The number of rotatable bonds is 5. The molecule has 6 heteroatoms. The molecule has 0 radical (unpaired) electrons. The van der Waals surface area contributed by atoms with Crippen molar-refractivity contribution in [2.45, 2.75) is 19.9 Å². The number of nitrogens with one attached hydrogen (secondary N) is 1. The van der Waals surface area contributed by atoms with E-state index in [2.05, 4.69) is 15.5 Å². The highest BCUT2D eigenvalue weighted by Gasteiger charge is 2.26. The molecule has 23 heavy (non-hydrogen) atoms. The summed E-state index contributed by atoms with van der Waals surface area (Å²) in [5, 5.41) is 6.87. The highest BCUT2D eigenvalue weighted by molar-refractivity contribution is 5.91. The van der Waals surface area contributed by atoms with Gasteiger partial charge in [0.2, 0.25) is 11.7 Å². The fourth-order valence-corrected chi connectivity index (χ4v) is 2.20. The van der Waals surface area contributed by atoms with E-state index in [1.165, 1.54) is 6.26 Å². The average molecular weight is 311 g/mol. The van der Waals surface area contributed by atoms with Crippen LogP contribution in [0.1, 0.15) is 36.3 Å². The van der Waals surface area contributed by atoms with Crippen LogP contribution < -0.4 is 5.32 Å². The number of amides is 1. The topological polar surface area (TPSA) is 81.2 Å². The van der Waals surface area contributed by atoms with Crippen LogP contribution in [-0.4, -0.2) is 16.0 Å². The van der Waals surface area contributed by atoms with Gasteiger partial charge in [-0.1, -0.05) is 49.3 Å². The molecule has 1 unspecified atom stereocenters. The fraction of sp³-hybridized carbons (Fsp3) is 0.235. The molecule has 3 aromatic rings. The lowest BCUT2D eigenvalue weighted by Gasteiger charge is -2.17. The molecule has 1 N–H and O–H groups in total. The number of carbonyl (C=O) groups is 1. The van der Waals surface area contributed by atoms with Crippen LogP contribution in [0.2, 0.25) is 0 Å². The van der Waals surface area contributed by atoms with Crippen LogP contribution in [0.4, 0.5) is 0 Å². The summed E-state index contributed by atoms with van der Waals surface area (Å²) in [6, 6.07) is 12.4. The van der Waals surface area contributed by atoms with Crippen LogP contribution in [0.3, 0.4) is 0 Å². The maximum absolute atomic E-state index is 12.2. The number of benzene rings is 1. The second-order valence-electron chi connectivity index (χ2n) is 5.49. The van der Waals surface area contributed by atoms with Crippen molar-refractivity contribution in [1.29, 1.82) is 0 Å². The van der Waals surface area contributed by atoms with Gasteiger partial charge in [-0.25, -0.2) is 0 Å². The van der Waals surface area contributed by atoms with Gasteiger partial charge in [0.05, 0.1) is 6.26 Å². The van der Waals surface area contributed by atoms with Gasteiger partial charge in [-0.3, -0.25) is 4.79 Å². The van der Waals surface area contributed by atoms with E-state index >= 15 is 0 Å². The number of furan rings is 1. The fourth-order valence-electron chi connectivity index (χ4n) is 2.20. The van der Waals surface area contributed by atoms with E-state index in [1.807, 2.05) is 44.2 Å². The van der Waals surface area contributed by atoms with Crippen molar-refractivity contribution in [1.82, 2.24) is 15.5 Å². The van der Waals surface area contributed by atoms with E-state index in [9.17, 15) is 4.79 Å². The molecule has 2 heterocycles. The predicted molar refractivity (Wildman–Crippen MR) is 83.5 cm³/mol. The SMILES string of the molecule is CC(C)C(NC(=O)c1ccco1)c1nc(-c2ccccc2)no1. The molecule has 0 bridgehead atoms. The van der Waals surface area contributed by atoms with E-state index in [4.69, 9.17) is 8.94 Å². The Morgan fingerprint density at radius 1 is 1.13 bits per heavy atom. The normalized spacial score (nSPS) is 12.3. The van der Waals surface area contributed by atoms with Crippen LogP contribution in [-0.2, 0) is 0 Å². The number of aromatic nitrogens is 2. The number of carbonyl (C=O) groups excluding carboxylic acids is 1. The highest BCUT2D eigenvalue weighted by Crippen LogP contribution is 2.23. The first-order valence-electron chi connectivity index (χ1n) is 7.38. The highest BCUT2D eigenvalue weighted by atomic mass is 16.5. The molecule has 0 saturated carbocycles. The van der Waals surface area contributed by atoms with Gasteiger partial charge in [0.1, 0.15) is 6.04 Å². The molecule has 1 aromatic carbocycles. The third kappa shape index (κ3) is 3.31. The Kier molecular flexibility index (Phi) is 4.23. The van der Waals surface area contributed by atoms with Crippen molar-refractivity contribution in [3.8, 4) is 11.4 Å². The van der Waals surface area contributed by atoms with Gasteiger partial charge in [0, 0.05) is 5.56 Å². The quantitative estimate of drug-likeness (QED) is 0.780. The Morgan fingerprint density at radius 2 is 1.91 bits per heavy atom. The van der Waals surface area contributed by atoms with Crippen LogP contribution >= 0.6 is 0 Å². The summed E-state index contributed by atoms with van der Waals surface area (Å²) < 4.78 is 10.5. The van der Waals surface area contributed by atoms with E-state index in [0.29, 0.717) is 11.7 Å². The number of hydrogen-bond donors (Lipinski definition) is 1. The summed E-state index contributed by atoms with van der Waals surface area (Å²) in [6.45, 7) is 3.94. The summed E-state index contributed by atoms with van der Waals surface area (Å²) in [4.78, 5) is 16.6. The molecule has 0 aliphatic rings. The van der Waals surface area contributed by atoms with Crippen molar-refractivity contribution < 1.29 is 13.7 Å². The summed E-state index contributed by atoms with van der Waals surface area (Å²) >= 11 is 0. The summed E-state index contributed by atoms with van der Waals surface area (Å²) in [7, 11) is 0. The Bertz CT molecular complexity index is 764. The molecular formula is C17H17N3O3. The minimum atomic E-state index is -0.391. The minimum Gasteiger partial charge on any atom is -0.459 e. The van der Waals surface area contributed by atoms with Gasteiger partial charge < -0.3 is 14.3 Å². The lowest BCUT2D eigenvalue weighted by atomic mass is 10.0. The van der Waals surface area contributed by atoms with Crippen molar-refractivity contribution in [3.05, 3.63) is 60.4 Å². The van der Waals surface area contributed by atoms with E-state index < -0.39 is 6.04 Å². The van der Waals surface area contributed by atoms with Crippen LogP contribution in [0.5, 0.6) is 0 Å². The monoisotopic (exact) mass is 311 g/mol. The van der Waals surface area contributed by atoms with Gasteiger partial charge in [-0.15, -0.1) is 0 Å². The van der Waals surface area contributed by atoms with Gasteiger partial charge in [0.25, 0.3) is 5.91 Å². The Labute approximate surface area is 133 Å². The molecular weight excluding hydrogens is 294 g/mol. The maximum atomic E-state index is 12.2. The number of nitrogens with zero attached hydrogens (tertiary/aromatic N) is 2. The summed E-state index contributed by atoms with van der Waals surface area (Å²) in [5.41, 5.74) is 0.863. The molecule has 2 aromatic heterocycles. The third-order valence-electron chi connectivity index (χ3n) is 3.44. The van der Waals surface area contributed by atoms with Crippen molar-refractivity contribution in [2.24, 2.45) is 5.92 Å². The Morgan fingerprint density at radius 3 is 2.57 bits per heavy atom. The summed E-state index contributed by atoms with van der Waals surface area (Å²) in [5.74, 6) is 0.891. The largest absolute Gasteiger partial charge is 0.459 e. The molecule has 0 fully saturated rings. The van der Waals surface area contributed by atoms with Crippen molar-refractivity contribution >= 4 is 5.91 Å². The smallest absolute Gasteiger partial charge is 0.287 e. The standard InChI is InChI=1S/C17H17N3O3/c1-11(2)14(18-16(21)13-9-6-10-22-13)17-19-15(20-23-17)12-7-4-3-5-8-12/h3-11,14H,1-2H3,(H,18,21). The molecule has 0 spiro atoms. The van der Waals surface area contributed by atoms with Crippen LogP contribution in [0, 0.1) is 5.92 Å². The molecule has 118 valence electrons. The predicted octanol–water partition coefficient (Wildman–Crippen LogP) is 3.46. The first-order chi connectivity index (χ1) is 11.1. The van der Waals surface area contributed by atoms with Crippen LogP contribution in [0.15, 0.2) is 57.7 Å². The molecule has 0 aliphatic carbocycles. The maximum Gasteiger partial charge on any atom is 0.287 e. The van der Waals surface area contributed by atoms with E-state index in [0.717, 1.165) is 5.56 Å². The molecule has 0 saturated heterocycles. The van der Waals surface area contributed by atoms with Crippen molar-refractivity contribution in [3.63, 3.8) is 0 Å². The minimum absolute atomic E-state index is 0.0815. The average Bonchev–Trinajstić information content (AvgIpc) is 3.24. The number of hydrogen-bond acceptors (Lipinski definition) is 5. The molecule has 1 atom stereocenters. The first kappa shape index (κ1) is 15.0. The van der Waals surface area contributed by atoms with Crippen molar-refractivity contribution in [2.75, 3.05) is 0 Å². The van der Waals surface area contributed by atoms with Gasteiger partial charge in [0.15, 0.2) is 5.76 Å². The third-order valence-corrected chi connectivity index (χ3v) is 3.44. The zero-order valence-corrected chi connectivity index (χ0v) is 12.9. The van der Waals surface area contributed by atoms with E-state index in [-0.39, 0.29) is 17.6 Å². The van der Waals surface area contributed by atoms with E-state index in [1.54, 1.807) is 12.1 Å². The van der Waals surface area contributed by atoms with Gasteiger partial charge in [-0.2, -0.15) is 4.98 Å². The Hall–Kier alpha value is -2.89. The Balaban J connectivity index is 1.82. The zero-order valence-electron chi connectivity index (χ0n) is 12.9. The lowest BCUT2D eigenvalue weighted by Crippen LogP contribution is -2.31. The second-order valence-corrected chi connectivity index (χ2v) is 5.49. The van der Waals surface area contributed by atoms with Crippen LogP contribution in [0.25, 0.3) is 11.4 Å². The molecule has 1 amide bonds. The molecule has 0 aliphatic heterocycles. The van der Waals surface area contributed by atoms with Gasteiger partial charge in [-0.05, 0) is 18.1 Å². The van der Waals surface area contributed by atoms with Gasteiger partial charge >= 0.3 is 0 Å². The zero-order chi connectivity index (χ0) is 16.2. The second kappa shape index (κ2) is 6.48. The molecule has 3 rings (SSSR count).